The average Bonchev–Trinajstić information content (AvgIpc) is 2.86. The number of methoxy groups -OCH3 is 1. The van der Waals surface area contributed by atoms with Crippen LogP contribution in [0.15, 0.2) is 12.4 Å². The average molecular weight is 279 g/mol. The van der Waals surface area contributed by atoms with Crippen molar-refractivity contribution in [3.05, 3.63) is 12.4 Å². The minimum absolute atomic E-state index is 0.0489. The molecule has 0 radical (unpaired) electrons. The minimum Gasteiger partial charge on any atom is -0.468 e. The molecular formula is C14H21N3O3. The predicted octanol–water partition coefficient (Wildman–Crippen LogP) is 1.82. The van der Waals surface area contributed by atoms with E-state index in [0.717, 1.165) is 31.6 Å². The van der Waals surface area contributed by atoms with Crippen LogP contribution < -0.4 is 5.32 Å². The number of hydrogen-bond acceptors (Lipinski definition) is 4. The number of aromatic nitrogens is 2. The summed E-state index contributed by atoms with van der Waals surface area (Å²) in [5, 5.41) is 6.88. The fourth-order valence-electron chi connectivity index (χ4n) is 2.48. The first-order valence-electron chi connectivity index (χ1n) is 6.98. The highest BCUT2D eigenvalue weighted by Gasteiger charge is 2.24. The summed E-state index contributed by atoms with van der Waals surface area (Å²) in [7, 11) is 1.33. The molecule has 0 bridgehead atoms. The molecule has 1 amide bonds. The van der Waals surface area contributed by atoms with Gasteiger partial charge in [-0.3, -0.25) is 14.3 Å². The molecule has 1 N–H and O–H groups in total. The van der Waals surface area contributed by atoms with Crippen LogP contribution in [0.25, 0.3) is 0 Å². The van der Waals surface area contributed by atoms with Gasteiger partial charge in [0.1, 0.15) is 6.54 Å². The van der Waals surface area contributed by atoms with Gasteiger partial charge in [-0.25, -0.2) is 0 Å². The molecule has 0 spiro atoms. The maximum atomic E-state index is 12.1. The van der Waals surface area contributed by atoms with Crippen molar-refractivity contribution in [1.82, 2.24) is 9.78 Å². The smallest absolute Gasteiger partial charge is 0.327 e. The van der Waals surface area contributed by atoms with E-state index in [1.165, 1.54) is 11.8 Å². The van der Waals surface area contributed by atoms with E-state index in [-0.39, 0.29) is 24.3 Å². The molecule has 1 aliphatic carbocycles. The second-order valence-electron chi connectivity index (χ2n) is 5.45. The molecule has 1 heterocycles. The molecule has 2 rings (SSSR count). The first-order chi connectivity index (χ1) is 9.58. The van der Waals surface area contributed by atoms with Crippen molar-refractivity contribution in [2.24, 2.45) is 11.8 Å². The third-order valence-electron chi connectivity index (χ3n) is 3.81. The van der Waals surface area contributed by atoms with Gasteiger partial charge in [0.25, 0.3) is 0 Å². The van der Waals surface area contributed by atoms with Crippen molar-refractivity contribution in [3.63, 3.8) is 0 Å². The van der Waals surface area contributed by atoms with Crippen molar-refractivity contribution in [2.45, 2.75) is 39.2 Å². The molecule has 0 aromatic carbocycles. The topological polar surface area (TPSA) is 73.2 Å². The van der Waals surface area contributed by atoms with Crippen LogP contribution in [0.1, 0.15) is 32.6 Å². The van der Waals surface area contributed by atoms with E-state index in [4.69, 9.17) is 0 Å². The number of rotatable bonds is 4. The Balaban J connectivity index is 1.86. The first-order valence-corrected chi connectivity index (χ1v) is 6.98. The van der Waals surface area contributed by atoms with Gasteiger partial charge in [-0.05, 0) is 31.6 Å². The zero-order chi connectivity index (χ0) is 14.5. The van der Waals surface area contributed by atoms with Gasteiger partial charge < -0.3 is 10.1 Å². The number of nitrogens with zero attached hydrogens (tertiary/aromatic N) is 2. The highest BCUT2D eigenvalue weighted by molar-refractivity contribution is 5.92. The van der Waals surface area contributed by atoms with E-state index in [1.54, 1.807) is 12.4 Å². The number of hydrogen-bond donors (Lipinski definition) is 1. The maximum Gasteiger partial charge on any atom is 0.327 e. The number of esters is 1. The van der Waals surface area contributed by atoms with Gasteiger partial charge in [-0.15, -0.1) is 0 Å². The van der Waals surface area contributed by atoms with Crippen LogP contribution in [0.2, 0.25) is 0 Å². The molecule has 1 aromatic rings. The fourth-order valence-corrected chi connectivity index (χ4v) is 2.48. The summed E-state index contributed by atoms with van der Waals surface area (Å²) in [6.45, 7) is 2.28. The zero-order valence-electron chi connectivity index (χ0n) is 12.0. The quantitative estimate of drug-likeness (QED) is 0.853. The summed E-state index contributed by atoms with van der Waals surface area (Å²) in [6, 6.07) is 0. The Morgan fingerprint density at radius 2 is 2.10 bits per heavy atom. The highest BCUT2D eigenvalue weighted by Crippen LogP contribution is 2.29. The number of carbonyl (C=O) groups excluding carboxylic acids is 2. The number of anilines is 1. The summed E-state index contributed by atoms with van der Waals surface area (Å²) in [6.07, 6.45) is 7.30. The molecule has 1 aliphatic rings. The van der Waals surface area contributed by atoms with Gasteiger partial charge >= 0.3 is 5.97 Å². The third-order valence-corrected chi connectivity index (χ3v) is 3.81. The Labute approximate surface area is 118 Å². The predicted molar refractivity (Wildman–Crippen MR) is 74.0 cm³/mol. The number of nitrogens with one attached hydrogen (secondary N) is 1. The van der Waals surface area contributed by atoms with Gasteiger partial charge in [0, 0.05) is 12.1 Å². The van der Waals surface area contributed by atoms with Crippen LogP contribution in [-0.4, -0.2) is 28.8 Å². The van der Waals surface area contributed by atoms with Gasteiger partial charge in [0.15, 0.2) is 0 Å². The van der Waals surface area contributed by atoms with E-state index in [2.05, 4.69) is 22.1 Å². The third kappa shape index (κ3) is 3.82. The van der Waals surface area contributed by atoms with Crippen LogP contribution in [0, 0.1) is 11.8 Å². The van der Waals surface area contributed by atoms with Crippen LogP contribution in [0.4, 0.5) is 5.69 Å². The molecule has 6 nitrogen and oxygen atoms in total. The molecule has 0 aliphatic heterocycles. The van der Waals surface area contributed by atoms with Crippen molar-refractivity contribution in [2.75, 3.05) is 12.4 Å². The molecular weight excluding hydrogens is 258 g/mol. The molecule has 0 atom stereocenters. The van der Waals surface area contributed by atoms with Crippen LogP contribution >= 0.6 is 0 Å². The van der Waals surface area contributed by atoms with Gasteiger partial charge in [-0.2, -0.15) is 5.10 Å². The van der Waals surface area contributed by atoms with Gasteiger partial charge in [0.2, 0.25) is 5.91 Å². The summed E-state index contributed by atoms with van der Waals surface area (Å²) < 4.78 is 6.01. The SMILES string of the molecule is COC(=O)Cn1cc(NC(=O)C2CCC(C)CC2)cn1. The minimum atomic E-state index is -0.368. The van der Waals surface area contributed by atoms with Crippen molar-refractivity contribution in [3.8, 4) is 0 Å². The summed E-state index contributed by atoms with van der Waals surface area (Å²) in [4.78, 5) is 23.2. The van der Waals surface area contributed by atoms with Crippen molar-refractivity contribution >= 4 is 17.6 Å². The molecule has 20 heavy (non-hydrogen) atoms. The number of amides is 1. The molecule has 1 fully saturated rings. The fraction of sp³-hybridized carbons (Fsp3) is 0.643. The van der Waals surface area contributed by atoms with E-state index < -0.39 is 0 Å². The Bertz CT molecular complexity index is 476. The number of ether oxygens (including phenoxy) is 1. The lowest BCUT2D eigenvalue weighted by molar-refractivity contribution is -0.141. The number of carbonyl (C=O) groups is 2. The van der Waals surface area contributed by atoms with E-state index in [9.17, 15) is 9.59 Å². The lowest BCUT2D eigenvalue weighted by Gasteiger charge is -2.24. The second-order valence-corrected chi connectivity index (χ2v) is 5.45. The molecule has 1 saturated carbocycles. The van der Waals surface area contributed by atoms with Crippen LogP contribution in [-0.2, 0) is 20.9 Å². The molecule has 6 heteroatoms. The second kappa shape index (κ2) is 6.54. The Morgan fingerprint density at radius 1 is 1.40 bits per heavy atom. The van der Waals surface area contributed by atoms with Crippen LogP contribution in [0.5, 0.6) is 0 Å². The summed E-state index contributed by atoms with van der Waals surface area (Å²) >= 11 is 0. The Morgan fingerprint density at radius 3 is 2.75 bits per heavy atom. The van der Waals surface area contributed by atoms with E-state index in [0.29, 0.717) is 5.69 Å². The summed E-state index contributed by atoms with van der Waals surface area (Å²) in [5.74, 6) is 0.499. The standard InChI is InChI=1S/C14H21N3O3/c1-10-3-5-11(6-4-10)14(19)16-12-7-15-17(8-12)9-13(18)20-2/h7-8,10-11H,3-6,9H2,1-2H3,(H,16,19). The van der Waals surface area contributed by atoms with Crippen LogP contribution in [0.3, 0.4) is 0 Å². The van der Waals surface area contributed by atoms with Gasteiger partial charge in [0.05, 0.1) is 19.0 Å². The first kappa shape index (κ1) is 14.6. The van der Waals surface area contributed by atoms with Gasteiger partial charge in [-0.1, -0.05) is 6.92 Å². The monoisotopic (exact) mass is 279 g/mol. The lowest BCUT2D eigenvalue weighted by atomic mass is 9.82. The molecule has 110 valence electrons. The molecule has 1 aromatic heterocycles. The summed E-state index contributed by atoms with van der Waals surface area (Å²) in [5.41, 5.74) is 0.623. The van der Waals surface area contributed by atoms with E-state index in [1.807, 2.05) is 0 Å². The normalized spacial score (nSPS) is 22.3. The Kier molecular flexibility index (Phi) is 4.76. The highest BCUT2D eigenvalue weighted by atomic mass is 16.5. The van der Waals surface area contributed by atoms with E-state index >= 15 is 0 Å². The Hall–Kier alpha value is -1.85. The van der Waals surface area contributed by atoms with Crippen molar-refractivity contribution in [1.29, 1.82) is 0 Å². The zero-order valence-corrected chi connectivity index (χ0v) is 12.0. The lowest BCUT2D eigenvalue weighted by Crippen LogP contribution is -2.26. The molecule has 0 unspecified atom stereocenters. The molecule has 0 saturated heterocycles. The maximum absolute atomic E-state index is 12.1. The largest absolute Gasteiger partial charge is 0.468 e. The van der Waals surface area contributed by atoms with Crippen molar-refractivity contribution < 1.29 is 14.3 Å².